The predicted molar refractivity (Wildman–Crippen MR) is 98.3 cm³/mol. The Kier molecular flexibility index (Phi) is 3.89. The second-order valence-electron chi connectivity index (χ2n) is 6.47. The SMILES string of the molecule is CCC1CCCC2=C1C(=Cc1[nH]c(-c3ccc[nH]3)cc1OC)N=C2. The number of methoxy groups -OCH3 is 1. The van der Waals surface area contributed by atoms with Crippen molar-refractivity contribution in [3.63, 3.8) is 0 Å². The highest BCUT2D eigenvalue weighted by molar-refractivity contribution is 5.89. The van der Waals surface area contributed by atoms with Gasteiger partial charge in [0.2, 0.25) is 0 Å². The summed E-state index contributed by atoms with van der Waals surface area (Å²) in [4.78, 5) is 11.4. The molecule has 2 N–H and O–H groups in total. The first kappa shape index (κ1) is 15.1. The molecule has 0 saturated heterocycles. The van der Waals surface area contributed by atoms with E-state index in [0.29, 0.717) is 5.92 Å². The fraction of sp³-hybridized carbons (Fsp3) is 0.350. The number of ether oxygens (including phenoxy) is 1. The van der Waals surface area contributed by atoms with E-state index in [4.69, 9.17) is 9.73 Å². The minimum Gasteiger partial charge on any atom is -0.494 e. The molecule has 1 aliphatic carbocycles. The van der Waals surface area contributed by atoms with E-state index in [0.717, 1.165) is 34.9 Å². The molecule has 2 aromatic heterocycles. The van der Waals surface area contributed by atoms with Gasteiger partial charge in [0.15, 0.2) is 0 Å². The van der Waals surface area contributed by atoms with E-state index in [1.165, 1.54) is 30.4 Å². The molecule has 4 nitrogen and oxygen atoms in total. The average molecular weight is 321 g/mol. The molecule has 0 aromatic carbocycles. The lowest BCUT2D eigenvalue weighted by atomic mass is 9.81. The number of H-pyrrole nitrogens is 2. The lowest BCUT2D eigenvalue weighted by Gasteiger charge is -2.23. The van der Waals surface area contributed by atoms with Crippen LogP contribution in [0.3, 0.4) is 0 Å². The van der Waals surface area contributed by atoms with E-state index in [1.807, 2.05) is 24.4 Å². The molecule has 2 aromatic rings. The number of aromatic amines is 2. The summed E-state index contributed by atoms with van der Waals surface area (Å²) in [6.07, 6.45) is 11.0. The molecule has 124 valence electrons. The monoisotopic (exact) mass is 321 g/mol. The zero-order valence-corrected chi connectivity index (χ0v) is 14.2. The summed E-state index contributed by atoms with van der Waals surface area (Å²) in [5.74, 6) is 1.48. The largest absolute Gasteiger partial charge is 0.494 e. The summed E-state index contributed by atoms with van der Waals surface area (Å²) < 4.78 is 5.57. The molecule has 0 saturated carbocycles. The summed E-state index contributed by atoms with van der Waals surface area (Å²) >= 11 is 0. The number of nitrogens with one attached hydrogen (secondary N) is 2. The normalized spacial score (nSPS) is 21.6. The zero-order valence-electron chi connectivity index (χ0n) is 14.2. The molecule has 0 radical (unpaired) electrons. The molecule has 0 amide bonds. The summed E-state index contributed by atoms with van der Waals surface area (Å²) in [5.41, 5.74) is 7.02. The quantitative estimate of drug-likeness (QED) is 0.822. The van der Waals surface area contributed by atoms with Crippen molar-refractivity contribution in [3.8, 4) is 17.1 Å². The van der Waals surface area contributed by atoms with Gasteiger partial charge in [-0.1, -0.05) is 6.92 Å². The van der Waals surface area contributed by atoms with Gasteiger partial charge in [-0.3, -0.25) is 4.99 Å². The Morgan fingerprint density at radius 1 is 1.38 bits per heavy atom. The van der Waals surface area contributed by atoms with Gasteiger partial charge in [0.1, 0.15) is 5.75 Å². The zero-order chi connectivity index (χ0) is 16.5. The van der Waals surface area contributed by atoms with Crippen molar-refractivity contribution < 1.29 is 4.74 Å². The highest BCUT2D eigenvalue weighted by Gasteiger charge is 2.27. The van der Waals surface area contributed by atoms with Crippen LogP contribution in [0.15, 0.2) is 46.2 Å². The van der Waals surface area contributed by atoms with Gasteiger partial charge in [-0.2, -0.15) is 0 Å². The number of hydrogen-bond donors (Lipinski definition) is 2. The lowest BCUT2D eigenvalue weighted by molar-refractivity contribution is 0.414. The van der Waals surface area contributed by atoms with E-state index < -0.39 is 0 Å². The van der Waals surface area contributed by atoms with Gasteiger partial charge in [-0.05, 0) is 61.0 Å². The van der Waals surface area contributed by atoms with Crippen LogP contribution < -0.4 is 4.74 Å². The average Bonchev–Trinajstić information content (AvgIpc) is 3.34. The summed E-state index contributed by atoms with van der Waals surface area (Å²) in [6, 6.07) is 6.07. The van der Waals surface area contributed by atoms with E-state index in [1.54, 1.807) is 7.11 Å². The molecule has 1 aliphatic heterocycles. The van der Waals surface area contributed by atoms with Crippen LogP contribution in [0.2, 0.25) is 0 Å². The number of rotatable bonds is 4. The molecule has 0 spiro atoms. The molecule has 1 unspecified atom stereocenters. The maximum Gasteiger partial charge on any atom is 0.144 e. The topological polar surface area (TPSA) is 53.2 Å². The van der Waals surface area contributed by atoms with Crippen molar-refractivity contribution in [2.75, 3.05) is 7.11 Å². The van der Waals surface area contributed by atoms with Crippen molar-refractivity contribution in [1.82, 2.24) is 9.97 Å². The third kappa shape index (κ3) is 2.52. The van der Waals surface area contributed by atoms with Crippen LogP contribution in [0.5, 0.6) is 5.75 Å². The minimum atomic E-state index is 0.631. The first-order valence-corrected chi connectivity index (χ1v) is 8.70. The molecule has 24 heavy (non-hydrogen) atoms. The molecular weight excluding hydrogens is 298 g/mol. The van der Waals surface area contributed by atoms with Crippen molar-refractivity contribution in [3.05, 3.63) is 46.9 Å². The lowest BCUT2D eigenvalue weighted by Crippen LogP contribution is -2.10. The number of allylic oxidation sites excluding steroid dienone is 2. The number of aromatic nitrogens is 2. The Morgan fingerprint density at radius 3 is 3.04 bits per heavy atom. The van der Waals surface area contributed by atoms with Gasteiger partial charge in [-0.25, -0.2) is 0 Å². The molecular formula is C20H23N3O. The van der Waals surface area contributed by atoms with Crippen LogP contribution in [0.25, 0.3) is 17.5 Å². The van der Waals surface area contributed by atoms with Crippen molar-refractivity contribution >= 4 is 12.3 Å². The molecule has 4 heteroatoms. The van der Waals surface area contributed by atoms with Crippen molar-refractivity contribution in [2.45, 2.75) is 32.6 Å². The van der Waals surface area contributed by atoms with Crippen LogP contribution in [-0.4, -0.2) is 23.3 Å². The molecule has 2 aliphatic rings. The summed E-state index contributed by atoms with van der Waals surface area (Å²) in [7, 11) is 1.71. The molecule has 1 atom stereocenters. The maximum atomic E-state index is 5.57. The van der Waals surface area contributed by atoms with Crippen LogP contribution in [-0.2, 0) is 0 Å². The van der Waals surface area contributed by atoms with Gasteiger partial charge >= 0.3 is 0 Å². The van der Waals surface area contributed by atoms with Crippen LogP contribution in [0.4, 0.5) is 0 Å². The standard InChI is InChI=1S/C20H23N3O/c1-3-13-6-4-7-14-12-22-18(20(13)14)10-17-19(24-2)11-16(23-17)15-8-5-9-21-15/h5,8-13,21,23H,3-4,6-7H2,1-2H3. The summed E-state index contributed by atoms with van der Waals surface area (Å²) in [6.45, 7) is 2.27. The highest BCUT2D eigenvalue weighted by atomic mass is 16.5. The second kappa shape index (κ2) is 6.19. The first-order valence-electron chi connectivity index (χ1n) is 8.70. The minimum absolute atomic E-state index is 0.631. The van der Waals surface area contributed by atoms with E-state index in [-0.39, 0.29) is 0 Å². The molecule has 3 heterocycles. The Hall–Kier alpha value is -2.49. The van der Waals surface area contributed by atoms with Gasteiger partial charge in [0.05, 0.1) is 29.9 Å². The molecule has 0 fully saturated rings. The van der Waals surface area contributed by atoms with E-state index in [2.05, 4.69) is 29.2 Å². The summed E-state index contributed by atoms with van der Waals surface area (Å²) in [5, 5.41) is 0. The highest BCUT2D eigenvalue weighted by Crippen LogP contribution is 2.41. The van der Waals surface area contributed by atoms with E-state index >= 15 is 0 Å². The number of nitrogens with zero attached hydrogens (tertiary/aromatic N) is 1. The maximum absolute atomic E-state index is 5.57. The van der Waals surface area contributed by atoms with Gasteiger partial charge in [0, 0.05) is 18.5 Å². The Balaban J connectivity index is 1.73. The Bertz CT molecular complexity index is 821. The number of aliphatic imine (C=N–C) groups is 1. The molecule has 0 bridgehead atoms. The third-order valence-corrected chi connectivity index (χ3v) is 5.08. The van der Waals surface area contributed by atoms with Gasteiger partial charge in [0.25, 0.3) is 0 Å². The fourth-order valence-corrected chi connectivity index (χ4v) is 3.84. The van der Waals surface area contributed by atoms with Crippen LogP contribution in [0, 0.1) is 5.92 Å². The van der Waals surface area contributed by atoms with Crippen LogP contribution in [0.1, 0.15) is 38.3 Å². The fourth-order valence-electron chi connectivity index (χ4n) is 3.84. The Labute approximate surface area is 142 Å². The van der Waals surface area contributed by atoms with Gasteiger partial charge in [-0.15, -0.1) is 0 Å². The predicted octanol–water partition coefficient (Wildman–Crippen LogP) is 4.95. The first-order chi connectivity index (χ1) is 11.8. The van der Waals surface area contributed by atoms with Crippen molar-refractivity contribution in [2.24, 2.45) is 10.9 Å². The van der Waals surface area contributed by atoms with Gasteiger partial charge < -0.3 is 14.7 Å². The number of hydrogen-bond acceptors (Lipinski definition) is 2. The Morgan fingerprint density at radius 2 is 2.29 bits per heavy atom. The van der Waals surface area contributed by atoms with E-state index in [9.17, 15) is 0 Å². The molecule has 4 rings (SSSR count). The smallest absolute Gasteiger partial charge is 0.144 e. The van der Waals surface area contributed by atoms with Crippen molar-refractivity contribution in [1.29, 1.82) is 0 Å². The third-order valence-electron chi connectivity index (χ3n) is 5.08. The second-order valence-corrected chi connectivity index (χ2v) is 6.47. The van der Waals surface area contributed by atoms with Crippen LogP contribution >= 0.6 is 0 Å².